The van der Waals surface area contributed by atoms with Crippen LogP contribution < -0.4 is 11.3 Å². The van der Waals surface area contributed by atoms with Gasteiger partial charge >= 0.3 is 0 Å². The van der Waals surface area contributed by atoms with Crippen molar-refractivity contribution < 1.29 is 9.52 Å². The highest BCUT2D eigenvalue weighted by molar-refractivity contribution is 5.78. The Morgan fingerprint density at radius 1 is 1.33 bits per heavy atom. The van der Waals surface area contributed by atoms with Crippen LogP contribution in [0.25, 0.3) is 22.7 Å². The summed E-state index contributed by atoms with van der Waals surface area (Å²) in [5.74, 6) is 0.367. The molecule has 0 atom stereocenters. The van der Waals surface area contributed by atoms with Crippen LogP contribution in [0.15, 0.2) is 39.5 Å². The van der Waals surface area contributed by atoms with Gasteiger partial charge in [0.05, 0.1) is 0 Å². The summed E-state index contributed by atoms with van der Waals surface area (Å²) in [5.41, 5.74) is 7.92. The third-order valence-electron chi connectivity index (χ3n) is 2.59. The summed E-state index contributed by atoms with van der Waals surface area (Å²) in [5, 5.41) is 11.6. The van der Waals surface area contributed by atoms with Gasteiger partial charge in [0.1, 0.15) is 11.2 Å². The van der Waals surface area contributed by atoms with E-state index in [1.807, 2.05) is 0 Å². The molecule has 0 fully saturated rings. The van der Waals surface area contributed by atoms with Crippen molar-refractivity contribution in [3.8, 4) is 11.6 Å². The number of fused-ring (bicyclic) bond motifs is 1. The van der Waals surface area contributed by atoms with Crippen molar-refractivity contribution in [2.45, 2.75) is 6.92 Å². The number of nitrogen functional groups attached to an aromatic ring is 1. The van der Waals surface area contributed by atoms with Gasteiger partial charge in [-0.05, 0) is 31.2 Å². The lowest BCUT2D eigenvalue weighted by Crippen LogP contribution is -2.18. The molecule has 3 N–H and O–H groups in total. The molecule has 0 radical (unpaired) electrons. The first-order valence-corrected chi connectivity index (χ1v) is 6.36. The van der Waals surface area contributed by atoms with E-state index < -0.39 is 0 Å². The Morgan fingerprint density at radius 2 is 2.05 bits per heavy atom. The van der Waals surface area contributed by atoms with E-state index in [0.717, 1.165) is 0 Å². The quantitative estimate of drug-likeness (QED) is 0.651. The highest BCUT2D eigenvalue weighted by atomic mass is 16.3. The fraction of sp³-hybridized carbons (Fsp3) is 0.214. The molecule has 7 heteroatoms. The number of aryl methyl sites for hydroxylation is 1. The minimum Gasteiger partial charge on any atom is -0.435 e. The van der Waals surface area contributed by atoms with Gasteiger partial charge in [-0.1, -0.05) is 0 Å². The van der Waals surface area contributed by atoms with E-state index in [9.17, 15) is 4.79 Å². The number of rotatable bonds is 1. The summed E-state index contributed by atoms with van der Waals surface area (Å²) in [7, 11) is 1.58. The Labute approximate surface area is 120 Å². The largest absolute Gasteiger partial charge is 0.435 e. The third kappa shape index (κ3) is 3.26. The standard InChI is InChI=1S/C12H10N4O2.C2H6O/c1-16-11(17)5-3-8(15-16)12-14-9-6-7(13)2-4-10(9)18-12;1-2-3/h2-6H,13H2,1H3;3H,2H2,1H3. The van der Waals surface area contributed by atoms with Gasteiger partial charge in [0.15, 0.2) is 5.58 Å². The Bertz CT molecular complexity index is 807. The van der Waals surface area contributed by atoms with E-state index in [2.05, 4.69) is 10.1 Å². The molecule has 2 aromatic heterocycles. The maximum Gasteiger partial charge on any atom is 0.266 e. The fourth-order valence-electron chi connectivity index (χ4n) is 1.67. The van der Waals surface area contributed by atoms with Gasteiger partial charge in [0.2, 0.25) is 5.89 Å². The molecule has 0 bridgehead atoms. The number of aliphatic hydroxyl groups excluding tert-OH is 1. The molecule has 7 nitrogen and oxygen atoms in total. The fourth-order valence-corrected chi connectivity index (χ4v) is 1.67. The van der Waals surface area contributed by atoms with Crippen molar-refractivity contribution in [3.63, 3.8) is 0 Å². The molecule has 110 valence electrons. The number of aliphatic hydroxyl groups is 1. The van der Waals surface area contributed by atoms with Crippen molar-refractivity contribution in [2.75, 3.05) is 12.3 Å². The second kappa shape index (κ2) is 6.19. The molecule has 3 rings (SSSR count). The van der Waals surface area contributed by atoms with Gasteiger partial charge in [0, 0.05) is 25.4 Å². The second-order valence-corrected chi connectivity index (χ2v) is 4.24. The molecular weight excluding hydrogens is 272 g/mol. The minimum absolute atomic E-state index is 0.181. The molecule has 0 saturated heterocycles. The first-order valence-electron chi connectivity index (χ1n) is 6.36. The zero-order chi connectivity index (χ0) is 15.4. The van der Waals surface area contributed by atoms with E-state index in [1.54, 1.807) is 38.2 Å². The minimum atomic E-state index is -0.181. The number of nitrogens with zero attached hydrogens (tertiary/aromatic N) is 3. The maximum absolute atomic E-state index is 11.3. The maximum atomic E-state index is 11.3. The number of nitrogens with two attached hydrogens (primary N) is 1. The second-order valence-electron chi connectivity index (χ2n) is 4.24. The van der Waals surface area contributed by atoms with Gasteiger partial charge in [-0.3, -0.25) is 4.79 Å². The van der Waals surface area contributed by atoms with E-state index >= 15 is 0 Å². The van der Waals surface area contributed by atoms with Crippen molar-refractivity contribution in [1.29, 1.82) is 0 Å². The Kier molecular flexibility index (Phi) is 4.34. The topological polar surface area (TPSA) is 107 Å². The van der Waals surface area contributed by atoms with Crippen LogP contribution in [0.1, 0.15) is 6.92 Å². The monoisotopic (exact) mass is 288 g/mol. The molecule has 0 unspecified atom stereocenters. The van der Waals surface area contributed by atoms with Gasteiger partial charge in [-0.25, -0.2) is 9.67 Å². The Morgan fingerprint density at radius 3 is 2.71 bits per heavy atom. The molecular formula is C14H16N4O3. The van der Waals surface area contributed by atoms with Crippen LogP contribution in [0.3, 0.4) is 0 Å². The van der Waals surface area contributed by atoms with Crippen LogP contribution in [-0.2, 0) is 7.05 Å². The molecule has 21 heavy (non-hydrogen) atoms. The third-order valence-corrected chi connectivity index (χ3v) is 2.59. The van der Waals surface area contributed by atoms with Crippen LogP contribution >= 0.6 is 0 Å². The first kappa shape index (κ1) is 14.7. The summed E-state index contributed by atoms with van der Waals surface area (Å²) in [6.45, 7) is 1.93. The number of benzene rings is 1. The predicted octanol–water partition coefficient (Wildman–Crippen LogP) is 1.17. The SMILES string of the molecule is CCO.Cn1nc(-c2nc3cc(N)ccc3o2)ccc1=O. The van der Waals surface area contributed by atoms with Crippen LogP contribution in [0.2, 0.25) is 0 Å². The molecule has 0 aliphatic rings. The summed E-state index contributed by atoms with van der Waals surface area (Å²) < 4.78 is 6.79. The lowest BCUT2D eigenvalue weighted by Gasteiger charge is -1.96. The van der Waals surface area contributed by atoms with E-state index in [-0.39, 0.29) is 12.2 Å². The Hall–Kier alpha value is -2.67. The van der Waals surface area contributed by atoms with Crippen molar-refractivity contribution >= 4 is 16.8 Å². The van der Waals surface area contributed by atoms with Crippen molar-refractivity contribution in [1.82, 2.24) is 14.8 Å². The first-order chi connectivity index (χ1) is 10.0. The number of hydrogen-bond donors (Lipinski definition) is 2. The summed E-state index contributed by atoms with van der Waals surface area (Å²) in [6, 6.07) is 8.22. The number of anilines is 1. The average molecular weight is 288 g/mol. The van der Waals surface area contributed by atoms with Crippen molar-refractivity contribution in [2.24, 2.45) is 7.05 Å². The predicted molar refractivity (Wildman–Crippen MR) is 79.7 cm³/mol. The molecule has 0 spiro atoms. The molecule has 1 aromatic carbocycles. The molecule has 0 aliphatic heterocycles. The lowest BCUT2D eigenvalue weighted by atomic mass is 10.3. The number of oxazole rings is 1. The normalized spacial score (nSPS) is 10.2. The number of hydrogen-bond acceptors (Lipinski definition) is 6. The van der Waals surface area contributed by atoms with Gasteiger partial charge in [0.25, 0.3) is 5.56 Å². The van der Waals surface area contributed by atoms with Crippen LogP contribution in [0, 0.1) is 0 Å². The Balaban J connectivity index is 0.000000497. The van der Waals surface area contributed by atoms with Gasteiger partial charge in [-0.15, -0.1) is 0 Å². The van der Waals surface area contributed by atoms with E-state index in [0.29, 0.717) is 28.4 Å². The van der Waals surface area contributed by atoms with Crippen molar-refractivity contribution in [3.05, 3.63) is 40.7 Å². The van der Waals surface area contributed by atoms with Crippen LogP contribution in [0.4, 0.5) is 5.69 Å². The number of aromatic nitrogens is 3. The van der Waals surface area contributed by atoms with Crippen LogP contribution in [-0.4, -0.2) is 26.5 Å². The zero-order valence-electron chi connectivity index (χ0n) is 11.8. The van der Waals surface area contributed by atoms with E-state index in [1.165, 1.54) is 10.7 Å². The molecule has 0 amide bonds. The summed E-state index contributed by atoms with van der Waals surface area (Å²) in [4.78, 5) is 15.5. The highest BCUT2D eigenvalue weighted by Crippen LogP contribution is 2.23. The van der Waals surface area contributed by atoms with E-state index in [4.69, 9.17) is 15.3 Å². The average Bonchev–Trinajstić information content (AvgIpc) is 2.85. The van der Waals surface area contributed by atoms with Gasteiger partial charge in [-0.2, -0.15) is 5.10 Å². The zero-order valence-corrected chi connectivity index (χ0v) is 11.8. The smallest absolute Gasteiger partial charge is 0.266 e. The van der Waals surface area contributed by atoms with Crippen LogP contribution in [0.5, 0.6) is 0 Å². The lowest BCUT2D eigenvalue weighted by molar-refractivity contribution is 0.318. The van der Waals surface area contributed by atoms with Gasteiger partial charge < -0.3 is 15.3 Å². The summed E-state index contributed by atoms with van der Waals surface area (Å²) >= 11 is 0. The molecule has 3 aromatic rings. The summed E-state index contributed by atoms with van der Waals surface area (Å²) in [6.07, 6.45) is 0. The molecule has 2 heterocycles. The highest BCUT2D eigenvalue weighted by Gasteiger charge is 2.10. The molecule has 0 saturated carbocycles. The molecule has 0 aliphatic carbocycles.